The largest absolute Gasteiger partial charge is 0.309 e. The molecule has 0 aliphatic heterocycles. The minimum absolute atomic E-state index is 0.0447. The van der Waals surface area contributed by atoms with E-state index in [1.807, 2.05) is 22.7 Å². The first-order chi connectivity index (χ1) is 46.2. The molecule has 0 aliphatic carbocycles. The highest BCUT2D eigenvalue weighted by molar-refractivity contribution is 7.26. The quantitative estimate of drug-likeness (QED) is 0.137. The summed E-state index contributed by atoms with van der Waals surface area (Å²) in [7, 11) is 0. The predicted octanol–water partition coefficient (Wildman–Crippen LogP) is 25.8. The lowest BCUT2D eigenvalue weighted by Gasteiger charge is -2.29. The van der Waals surface area contributed by atoms with Crippen molar-refractivity contribution >= 4 is 128 Å². The Labute approximate surface area is 562 Å². The average molecular weight is 1260 g/mol. The van der Waals surface area contributed by atoms with Crippen LogP contribution < -0.4 is 0 Å². The molecule has 0 N–H and O–H groups in total. The van der Waals surface area contributed by atoms with Gasteiger partial charge in [-0.2, -0.15) is 0 Å². The average Bonchev–Trinajstić information content (AvgIpc) is 1.54. The number of fused-ring (bicyclic) bond motifs is 15. The van der Waals surface area contributed by atoms with Gasteiger partial charge < -0.3 is 13.7 Å². The Bertz CT molecular complexity index is 6150. The van der Waals surface area contributed by atoms with Crippen LogP contribution in [0.15, 0.2) is 273 Å². The molecule has 458 valence electrons. The highest BCUT2D eigenvalue weighted by Gasteiger charge is 2.34. The van der Waals surface area contributed by atoms with Crippen molar-refractivity contribution < 1.29 is 0 Å². The summed E-state index contributed by atoms with van der Waals surface area (Å²) >= 11 is 3.81. The summed E-state index contributed by atoms with van der Waals surface area (Å²) < 4.78 is 12.8. The number of rotatable bonds is 9. The molecule has 0 atom stereocenters. The Kier molecular flexibility index (Phi) is 12.9. The van der Waals surface area contributed by atoms with Gasteiger partial charge in [-0.1, -0.05) is 231 Å². The lowest BCUT2D eigenvalue weighted by atomic mass is 9.75. The maximum Gasteiger partial charge on any atom is 0.0565 e. The summed E-state index contributed by atoms with van der Waals surface area (Å²) in [5, 5.41) is 13.0. The number of para-hydroxylation sites is 4. The molecular formula is C90H71N3S2. The lowest BCUT2D eigenvalue weighted by molar-refractivity contribution is 0.532. The van der Waals surface area contributed by atoms with E-state index in [1.54, 1.807) is 0 Å². The first-order valence-electron chi connectivity index (χ1n) is 33.4. The Morgan fingerprint density at radius 3 is 1.29 bits per heavy atom. The summed E-state index contributed by atoms with van der Waals surface area (Å²) in [6, 6.07) is 103. The van der Waals surface area contributed by atoms with Gasteiger partial charge in [0.25, 0.3) is 0 Å². The summed E-state index contributed by atoms with van der Waals surface area (Å²) in [4.78, 5) is 0. The summed E-state index contributed by atoms with van der Waals surface area (Å²) in [5.74, 6) is 0. The number of hydrogen-bond donors (Lipinski definition) is 0. The van der Waals surface area contributed by atoms with E-state index in [0.717, 1.165) is 23.5 Å². The summed E-state index contributed by atoms with van der Waals surface area (Å²) in [6.45, 7) is 19.2. The van der Waals surface area contributed by atoms with E-state index in [9.17, 15) is 0 Å². The van der Waals surface area contributed by atoms with Gasteiger partial charge in [0.15, 0.2) is 0 Å². The van der Waals surface area contributed by atoms with E-state index >= 15 is 0 Å². The molecule has 0 radical (unpaired) electrons. The van der Waals surface area contributed by atoms with Gasteiger partial charge in [-0.25, -0.2) is 0 Å². The molecule has 18 rings (SSSR count). The standard InChI is InChI=1S/C90H71N3S2/c1-88(2,3)70-38-25-40-72-83(70)66-47-45-56(51-73(66)92(72)59-28-14-10-15-29-59)57-46-48-67-74(52-57)93(60-30-16-11-17-31-60)76-53-75-84(65-32-18-20-39-71(65)91(75)58-26-12-9-13-27-58)87(85(67)76)90(7,8)54-55-44-49-78-69(50-55)82-62(35-24-43-80(82)95-78)64-37-22-36-63(86(64)89(4,5)6)61-34-23-42-79-81(61)68-33-19-21-41-77(68)94-79/h9-53H,54H2,1-8H3. The first-order valence-corrected chi connectivity index (χ1v) is 35.1. The van der Waals surface area contributed by atoms with Crippen LogP contribution in [0.1, 0.15) is 77.6 Å². The third-order valence-corrected chi connectivity index (χ3v) is 22.6. The van der Waals surface area contributed by atoms with Crippen molar-refractivity contribution in [3.05, 3.63) is 295 Å². The van der Waals surface area contributed by atoms with E-state index in [-0.39, 0.29) is 10.8 Å². The van der Waals surface area contributed by atoms with Crippen LogP contribution in [0.3, 0.4) is 0 Å². The molecule has 5 aromatic heterocycles. The second-order valence-corrected chi connectivity index (χ2v) is 31.1. The molecule has 13 aromatic carbocycles. The monoisotopic (exact) mass is 1260 g/mol. The second-order valence-electron chi connectivity index (χ2n) is 28.9. The minimum Gasteiger partial charge on any atom is -0.309 e. The number of thiophene rings is 2. The van der Waals surface area contributed by atoms with E-state index < -0.39 is 5.41 Å². The molecule has 0 amide bonds. The van der Waals surface area contributed by atoms with E-state index in [0.29, 0.717) is 0 Å². The minimum atomic E-state index is -0.400. The number of aromatic nitrogens is 3. The van der Waals surface area contributed by atoms with Gasteiger partial charge in [0.05, 0.1) is 33.1 Å². The number of hydrogen-bond acceptors (Lipinski definition) is 2. The third kappa shape index (κ3) is 8.96. The molecule has 95 heavy (non-hydrogen) atoms. The maximum absolute atomic E-state index is 2.56. The van der Waals surface area contributed by atoms with Crippen LogP contribution in [-0.2, 0) is 22.7 Å². The van der Waals surface area contributed by atoms with Crippen LogP contribution in [0.25, 0.3) is 156 Å². The maximum atomic E-state index is 2.56. The van der Waals surface area contributed by atoms with Crippen LogP contribution in [0, 0.1) is 0 Å². The number of benzene rings is 13. The van der Waals surface area contributed by atoms with Crippen molar-refractivity contribution in [1.82, 2.24) is 13.7 Å². The molecule has 0 bridgehead atoms. The first kappa shape index (κ1) is 57.4. The second kappa shape index (κ2) is 21.4. The fraction of sp³-hybridized carbons (Fsp3) is 0.133. The fourth-order valence-electron chi connectivity index (χ4n) is 16.5. The van der Waals surface area contributed by atoms with Gasteiger partial charge in [0, 0.05) is 89.7 Å². The highest BCUT2D eigenvalue weighted by Crippen LogP contribution is 2.52. The summed E-state index contributed by atoms with van der Waals surface area (Å²) in [5.41, 5.74) is 23.0. The van der Waals surface area contributed by atoms with Gasteiger partial charge in [-0.15, -0.1) is 22.7 Å². The van der Waals surface area contributed by atoms with Gasteiger partial charge in [-0.3, -0.25) is 0 Å². The van der Waals surface area contributed by atoms with E-state index in [2.05, 4.69) is 342 Å². The van der Waals surface area contributed by atoms with Crippen LogP contribution in [0.5, 0.6) is 0 Å². The molecule has 0 unspecified atom stereocenters. The topological polar surface area (TPSA) is 14.8 Å². The van der Waals surface area contributed by atoms with Crippen LogP contribution >= 0.6 is 22.7 Å². The SMILES string of the molecule is CC(C)(C)c1c(-c2cccc3sc4ccccc4c23)cccc1-c1cccc2sc3ccc(CC(C)(C)c4c5c6ccccc6n(-c6ccccc6)c5cc5c4c4ccc(-c6ccc7c8c(C(C)(C)C)cccc8n(-c8ccccc8)c7c6)cc4n5-c4ccccc4)cc3c12. The van der Waals surface area contributed by atoms with E-state index in [1.165, 1.54) is 161 Å². The zero-order chi connectivity index (χ0) is 64.2. The van der Waals surface area contributed by atoms with Crippen molar-refractivity contribution in [2.75, 3.05) is 0 Å². The van der Waals surface area contributed by atoms with Gasteiger partial charge in [0.2, 0.25) is 0 Å². The lowest BCUT2D eigenvalue weighted by Crippen LogP contribution is -2.21. The molecular weight excluding hydrogens is 1190 g/mol. The Morgan fingerprint density at radius 1 is 0.274 bits per heavy atom. The van der Waals surface area contributed by atoms with Crippen molar-refractivity contribution in [1.29, 1.82) is 0 Å². The molecule has 3 nitrogen and oxygen atoms in total. The van der Waals surface area contributed by atoms with Crippen molar-refractivity contribution in [3.63, 3.8) is 0 Å². The van der Waals surface area contributed by atoms with Crippen LogP contribution in [0.4, 0.5) is 0 Å². The molecule has 5 heterocycles. The molecule has 0 spiro atoms. The van der Waals surface area contributed by atoms with Crippen LogP contribution in [-0.4, -0.2) is 13.7 Å². The predicted molar refractivity (Wildman–Crippen MR) is 412 cm³/mol. The highest BCUT2D eigenvalue weighted by atomic mass is 32.1. The normalized spacial score (nSPS) is 12.7. The number of nitrogens with zero attached hydrogens (tertiary/aromatic N) is 3. The van der Waals surface area contributed by atoms with Gasteiger partial charge in [0.1, 0.15) is 0 Å². The smallest absolute Gasteiger partial charge is 0.0565 e. The Morgan fingerprint density at radius 2 is 0.716 bits per heavy atom. The zero-order valence-corrected chi connectivity index (χ0v) is 56.5. The zero-order valence-electron chi connectivity index (χ0n) is 54.8. The van der Waals surface area contributed by atoms with Gasteiger partial charge >= 0.3 is 0 Å². The molecule has 5 heteroatoms. The fourth-order valence-corrected chi connectivity index (χ4v) is 18.8. The molecule has 0 saturated carbocycles. The van der Waals surface area contributed by atoms with Gasteiger partial charge in [-0.05, 0) is 175 Å². The molecule has 0 aliphatic rings. The Balaban J connectivity index is 0.857. The molecule has 0 fully saturated rings. The van der Waals surface area contributed by atoms with Crippen molar-refractivity contribution in [3.8, 4) is 50.4 Å². The third-order valence-electron chi connectivity index (χ3n) is 20.3. The molecule has 0 saturated heterocycles. The summed E-state index contributed by atoms with van der Waals surface area (Å²) in [6.07, 6.45) is 0.811. The molecule has 18 aromatic rings. The van der Waals surface area contributed by atoms with Crippen LogP contribution in [0.2, 0.25) is 0 Å². The van der Waals surface area contributed by atoms with E-state index in [4.69, 9.17) is 0 Å². The van der Waals surface area contributed by atoms with Crippen molar-refractivity contribution in [2.24, 2.45) is 0 Å². The van der Waals surface area contributed by atoms with Crippen molar-refractivity contribution in [2.45, 2.75) is 78.1 Å². The Hall–Kier alpha value is -10.3.